The first kappa shape index (κ1) is 20.4. The van der Waals surface area contributed by atoms with Gasteiger partial charge in [-0.05, 0) is 61.9 Å². The van der Waals surface area contributed by atoms with E-state index >= 15 is 0 Å². The summed E-state index contributed by atoms with van der Waals surface area (Å²) in [6.45, 7) is 3.89. The third-order valence-electron chi connectivity index (χ3n) is 5.13. The molecule has 1 unspecified atom stereocenters. The molecule has 2 aromatic carbocycles. The summed E-state index contributed by atoms with van der Waals surface area (Å²) in [7, 11) is 0. The molecule has 1 amide bonds. The number of hydrogen-bond donors (Lipinski definition) is 1. The van der Waals surface area contributed by atoms with Crippen molar-refractivity contribution in [1.29, 1.82) is 0 Å². The van der Waals surface area contributed by atoms with Crippen molar-refractivity contribution in [3.05, 3.63) is 89.9 Å². The van der Waals surface area contributed by atoms with Crippen LogP contribution in [0.25, 0.3) is 11.4 Å². The first-order valence-corrected chi connectivity index (χ1v) is 10.5. The molecule has 0 spiro atoms. The molecular formula is C25H20N6O2. The second kappa shape index (κ2) is 8.58. The summed E-state index contributed by atoms with van der Waals surface area (Å²) < 4.78 is 6.09. The Hall–Kier alpha value is -4.46. The van der Waals surface area contributed by atoms with Crippen molar-refractivity contribution in [2.45, 2.75) is 19.9 Å². The number of azo groups is 1. The quantitative estimate of drug-likeness (QED) is 0.410. The summed E-state index contributed by atoms with van der Waals surface area (Å²) in [4.78, 5) is 26.0. The van der Waals surface area contributed by atoms with Crippen LogP contribution in [-0.4, -0.2) is 20.9 Å². The molecule has 1 aliphatic heterocycles. The number of pyridine rings is 1. The van der Waals surface area contributed by atoms with Gasteiger partial charge in [0.2, 0.25) is 0 Å². The molecule has 8 heteroatoms. The van der Waals surface area contributed by atoms with E-state index in [0.29, 0.717) is 28.5 Å². The zero-order valence-corrected chi connectivity index (χ0v) is 18.1. The van der Waals surface area contributed by atoms with Gasteiger partial charge in [0.05, 0.1) is 0 Å². The van der Waals surface area contributed by atoms with E-state index in [1.54, 1.807) is 36.7 Å². The van der Waals surface area contributed by atoms with Gasteiger partial charge in [0, 0.05) is 29.2 Å². The Labute approximate surface area is 190 Å². The number of ether oxygens (including phenoxy) is 1. The van der Waals surface area contributed by atoms with Gasteiger partial charge in [-0.3, -0.25) is 9.78 Å². The van der Waals surface area contributed by atoms with Crippen LogP contribution in [0.5, 0.6) is 11.6 Å². The SMILES string of the molecule is Cc1cccc(NC(=O)c2cccc(Oc3nc(-c4ccncc4)nc4c3N=NC4C)c2)c1. The summed E-state index contributed by atoms with van der Waals surface area (Å²) in [5.74, 6) is 1.02. The highest BCUT2D eigenvalue weighted by Gasteiger charge is 2.26. The molecule has 5 rings (SSSR count). The number of fused-ring (bicyclic) bond motifs is 1. The van der Waals surface area contributed by atoms with E-state index in [1.165, 1.54) is 0 Å². The molecule has 0 radical (unpaired) electrons. The third kappa shape index (κ3) is 4.31. The van der Waals surface area contributed by atoms with E-state index in [-0.39, 0.29) is 17.8 Å². The van der Waals surface area contributed by atoms with Crippen LogP contribution in [0.4, 0.5) is 11.4 Å². The summed E-state index contributed by atoms with van der Waals surface area (Å²) in [5.41, 5.74) is 4.26. The summed E-state index contributed by atoms with van der Waals surface area (Å²) in [6, 6.07) is 18.0. The smallest absolute Gasteiger partial charge is 0.255 e. The highest BCUT2D eigenvalue weighted by Crippen LogP contribution is 2.42. The fourth-order valence-electron chi connectivity index (χ4n) is 3.47. The Balaban J connectivity index is 1.45. The summed E-state index contributed by atoms with van der Waals surface area (Å²) >= 11 is 0. The lowest BCUT2D eigenvalue weighted by molar-refractivity contribution is 0.102. The van der Waals surface area contributed by atoms with E-state index < -0.39 is 0 Å². The van der Waals surface area contributed by atoms with Gasteiger partial charge in [-0.15, -0.1) is 5.11 Å². The normalized spacial score (nSPS) is 14.1. The number of benzene rings is 2. The van der Waals surface area contributed by atoms with Crippen molar-refractivity contribution in [2.24, 2.45) is 10.2 Å². The maximum Gasteiger partial charge on any atom is 0.255 e. The van der Waals surface area contributed by atoms with Crippen LogP contribution in [0.3, 0.4) is 0 Å². The lowest BCUT2D eigenvalue weighted by atomic mass is 10.1. The molecule has 162 valence electrons. The minimum Gasteiger partial charge on any atom is -0.437 e. The first-order valence-electron chi connectivity index (χ1n) is 10.5. The average molecular weight is 436 g/mol. The Morgan fingerprint density at radius 3 is 2.64 bits per heavy atom. The predicted octanol–water partition coefficient (Wildman–Crippen LogP) is 6.05. The van der Waals surface area contributed by atoms with E-state index in [9.17, 15) is 4.79 Å². The minimum atomic E-state index is -0.232. The Kier molecular flexibility index (Phi) is 5.32. The van der Waals surface area contributed by atoms with Gasteiger partial charge >= 0.3 is 0 Å². The fourth-order valence-corrected chi connectivity index (χ4v) is 3.47. The van der Waals surface area contributed by atoms with Gasteiger partial charge in [-0.25, -0.2) is 4.98 Å². The first-order chi connectivity index (χ1) is 16.1. The Bertz CT molecular complexity index is 1370. The largest absolute Gasteiger partial charge is 0.437 e. The monoisotopic (exact) mass is 436 g/mol. The molecule has 1 N–H and O–H groups in total. The lowest BCUT2D eigenvalue weighted by Crippen LogP contribution is -2.11. The van der Waals surface area contributed by atoms with Crippen molar-refractivity contribution in [3.63, 3.8) is 0 Å². The number of nitrogens with one attached hydrogen (secondary N) is 1. The molecule has 0 aliphatic carbocycles. The maximum absolute atomic E-state index is 12.8. The molecule has 0 bridgehead atoms. The molecular weight excluding hydrogens is 416 g/mol. The molecule has 2 aromatic heterocycles. The molecule has 1 aliphatic rings. The number of amides is 1. The average Bonchev–Trinajstić information content (AvgIpc) is 3.21. The number of anilines is 1. The summed E-state index contributed by atoms with van der Waals surface area (Å²) in [5, 5.41) is 11.3. The molecule has 3 heterocycles. The van der Waals surface area contributed by atoms with Crippen LogP contribution in [0.1, 0.15) is 34.6 Å². The minimum absolute atomic E-state index is 0.197. The van der Waals surface area contributed by atoms with Crippen LogP contribution in [0.15, 0.2) is 83.3 Å². The number of nitrogens with zero attached hydrogens (tertiary/aromatic N) is 5. The number of rotatable bonds is 5. The zero-order valence-electron chi connectivity index (χ0n) is 18.1. The molecule has 33 heavy (non-hydrogen) atoms. The van der Waals surface area contributed by atoms with Gasteiger partial charge in [-0.1, -0.05) is 18.2 Å². The second-order valence-electron chi connectivity index (χ2n) is 7.67. The van der Waals surface area contributed by atoms with E-state index in [2.05, 4.69) is 30.5 Å². The van der Waals surface area contributed by atoms with Crippen LogP contribution in [-0.2, 0) is 0 Å². The van der Waals surface area contributed by atoms with E-state index in [0.717, 1.165) is 16.8 Å². The molecule has 8 nitrogen and oxygen atoms in total. The van der Waals surface area contributed by atoms with E-state index in [1.807, 2.05) is 50.2 Å². The maximum atomic E-state index is 12.8. The van der Waals surface area contributed by atoms with Crippen molar-refractivity contribution < 1.29 is 9.53 Å². The molecule has 4 aromatic rings. The van der Waals surface area contributed by atoms with Crippen LogP contribution in [0.2, 0.25) is 0 Å². The zero-order chi connectivity index (χ0) is 22.8. The van der Waals surface area contributed by atoms with Gasteiger partial charge < -0.3 is 10.1 Å². The van der Waals surface area contributed by atoms with Gasteiger partial charge in [-0.2, -0.15) is 10.1 Å². The van der Waals surface area contributed by atoms with Gasteiger partial charge in [0.25, 0.3) is 11.8 Å². The Morgan fingerprint density at radius 2 is 1.82 bits per heavy atom. The van der Waals surface area contributed by atoms with Crippen LogP contribution in [0, 0.1) is 6.92 Å². The van der Waals surface area contributed by atoms with Crippen LogP contribution < -0.4 is 10.1 Å². The highest BCUT2D eigenvalue weighted by molar-refractivity contribution is 6.04. The molecule has 0 saturated heterocycles. The van der Waals surface area contributed by atoms with Crippen molar-refractivity contribution >= 4 is 17.3 Å². The highest BCUT2D eigenvalue weighted by atomic mass is 16.5. The number of carbonyl (C=O) groups excluding carboxylic acids is 1. The van der Waals surface area contributed by atoms with E-state index in [4.69, 9.17) is 4.74 Å². The topological polar surface area (TPSA) is 102 Å². The summed E-state index contributed by atoms with van der Waals surface area (Å²) in [6.07, 6.45) is 3.36. The fraction of sp³-hybridized carbons (Fsp3) is 0.120. The molecule has 0 saturated carbocycles. The van der Waals surface area contributed by atoms with Crippen molar-refractivity contribution in [2.75, 3.05) is 5.32 Å². The molecule has 0 fully saturated rings. The van der Waals surface area contributed by atoms with Crippen molar-refractivity contribution in [3.8, 4) is 23.0 Å². The van der Waals surface area contributed by atoms with Crippen LogP contribution >= 0.6 is 0 Å². The molecule has 1 atom stereocenters. The standard InChI is InChI=1S/C25H20N6O2/c1-15-5-3-7-19(13-15)27-24(32)18-6-4-8-20(14-18)33-25-22-21(16(2)30-31-22)28-23(29-25)17-9-11-26-12-10-17/h3-14,16H,1-2H3,(H,27,32). The Morgan fingerprint density at radius 1 is 1.00 bits per heavy atom. The van der Waals surface area contributed by atoms with Gasteiger partial charge in [0.1, 0.15) is 17.5 Å². The predicted molar refractivity (Wildman–Crippen MR) is 124 cm³/mol. The number of carbonyl (C=O) groups is 1. The third-order valence-corrected chi connectivity index (χ3v) is 5.13. The van der Waals surface area contributed by atoms with Crippen molar-refractivity contribution in [1.82, 2.24) is 15.0 Å². The van der Waals surface area contributed by atoms with Gasteiger partial charge in [0.15, 0.2) is 11.5 Å². The lowest BCUT2D eigenvalue weighted by Gasteiger charge is -2.11. The number of hydrogen-bond acceptors (Lipinski definition) is 7. The number of aromatic nitrogens is 3. The number of aryl methyl sites for hydroxylation is 1. The second-order valence-corrected chi connectivity index (χ2v) is 7.67.